The van der Waals surface area contributed by atoms with E-state index in [0.717, 1.165) is 12.2 Å². The maximum absolute atomic E-state index is 12.5. The van der Waals surface area contributed by atoms with Crippen LogP contribution >= 0.6 is 11.3 Å². The van der Waals surface area contributed by atoms with Crippen molar-refractivity contribution >= 4 is 23.1 Å². The van der Waals surface area contributed by atoms with Crippen molar-refractivity contribution in [1.29, 1.82) is 0 Å². The van der Waals surface area contributed by atoms with E-state index >= 15 is 0 Å². The van der Waals surface area contributed by atoms with Gasteiger partial charge in [-0.05, 0) is 35.2 Å². The third-order valence-electron chi connectivity index (χ3n) is 3.11. The smallest absolute Gasteiger partial charge is 0.244 e. The van der Waals surface area contributed by atoms with Crippen molar-refractivity contribution in [1.82, 2.24) is 14.7 Å². The van der Waals surface area contributed by atoms with Crippen LogP contribution in [-0.2, 0) is 17.9 Å². The van der Waals surface area contributed by atoms with Crippen molar-refractivity contribution in [3.05, 3.63) is 34.2 Å². The Morgan fingerprint density at radius 1 is 1.52 bits per heavy atom. The molecule has 114 valence electrons. The van der Waals surface area contributed by atoms with Gasteiger partial charge >= 0.3 is 0 Å². The molecular weight excluding hydrogens is 284 g/mol. The molecule has 0 aliphatic rings. The number of rotatable bonds is 6. The van der Waals surface area contributed by atoms with Crippen molar-refractivity contribution in [2.45, 2.75) is 33.9 Å². The van der Waals surface area contributed by atoms with Crippen LogP contribution in [0.15, 0.2) is 22.9 Å². The summed E-state index contributed by atoms with van der Waals surface area (Å²) in [5.74, 6) is 0.995. The topological polar surface area (TPSA) is 64.2 Å². The van der Waals surface area contributed by atoms with Gasteiger partial charge in [-0.1, -0.05) is 13.8 Å². The Labute approximate surface area is 129 Å². The monoisotopic (exact) mass is 306 g/mol. The molecule has 0 radical (unpaired) electrons. The number of amides is 1. The Hall–Kier alpha value is -1.82. The zero-order valence-corrected chi connectivity index (χ0v) is 13.6. The van der Waals surface area contributed by atoms with Gasteiger partial charge in [0.1, 0.15) is 12.4 Å². The standard InChI is InChI=1S/C15H22N4OS/c1-11(2)7-18(8-13-4-5-21-10-13)15(20)9-19-14(16)6-12(3)17-19/h4-6,10-11H,7-9,16H2,1-3H3. The number of nitrogens with zero attached hydrogens (tertiary/aromatic N) is 3. The van der Waals surface area contributed by atoms with Crippen molar-refractivity contribution in [2.75, 3.05) is 12.3 Å². The molecule has 2 N–H and O–H groups in total. The summed E-state index contributed by atoms with van der Waals surface area (Å²) < 4.78 is 1.57. The number of hydrogen-bond donors (Lipinski definition) is 1. The van der Waals surface area contributed by atoms with E-state index in [9.17, 15) is 4.79 Å². The number of anilines is 1. The number of aryl methyl sites for hydroxylation is 1. The van der Waals surface area contributed by atoms with Crippen LogP contribution in [0.4, 0.5) is 5.82 Å². The molecule has 2 aromatic rings. The molecule has 0 atom stereocenters. The van der Waals surface area contributed by atoms with E-state index in [-0.39, 0.29) is 12.5 Å². The molecule has 2 heterocycles. The lowest BCUT2D eigenvalue weighted by Gasteiger charge is -2.24. The summed E-state index contributed by atoms with van der Waals surface area (Å²) >= 11 is 1.65. The first-order valence-electron chi connectivity index (χ1n) is 7.04. The molecule has 0 unspecified atom stereocenters. The van der Waals surface area contributed by atoms with Crippen LogP contribution in [-0.4, -0.2) is 27.1 Å². The summed E-state index contributed by atoms with van der Waals surface area (Å²) in [5, 5.41) is 8.36. The summed E-state index contributed by atoms with van der Waals surface area (Å²) in [6, 6.07) is 3.83. The number of carbonyl (C=O) groups excluding carboxylic acids is 1. The van der Waals surface area contributed by atoms with Gasteiger partial charge in [0.2, 0.25) is 5.91 Å². The second-order valence-corrected chi connectivity index (χ2v) is 6.45. The maximum Gasteiger partial charge on any atom is 0.244 e. The third kappa shape index (κ3) is 4.32. The van der Waals surface area contributed by atoms with E-state index in [4.69, 9.17) is 5.73 Å². The molecule has 1 amide bonds. The number of hydrogen-bond acceptors (Lipinski definition) is 4. The minimum absolute atomic E-state index is 0.0460. The molecule has 0 fully saturated rings. The summed E-state index contributed by atoms with van der Waals surface area (Å²) in [7, 11) is 0. The number of nitrogens with two attached hydrogens (primary N) is 1. The van der Waals surface area contributed by atoms with Crippen LogP contribution in [0, 0.1) is 12.8 Å². The van der Waals surface area contributed by atoms with Crippen molar-refractivity contribution in [3.8, 4) is 0 Å². The molecular formula is C15H22N4OS. The lowest BCUT2D eigenvalue weighted by molar-refractivity contribution is -0.133. The minimum atomic E-state index is 0.0460. The molecule has 21 heavy (non-hydrogen) atoms. The number of aromatic nitrogens is 2. The highest BCUT2D eigenvalue weighted by atomic mass is 32.1. The molecule has 0 saturated carbocycles. The van der Waals surface area contributed by atoms with Gasteiger partial charge in [-0.15, -0.1) is 0 Å². The zero-order valence-electron chi connectivity index (χ0n) is 12.7. The van der Waals surface area contributed by atoms with E-state index < -0.39 is 0 Å². The first kappa shape index (κ1) is 15.6. The molecule has 2 rings (SSSR count). The third-order valence-corrected chi connectivity index (χ3v) is 3.84. The first-order chi connectivity index (χ1) is 9.95. The van der Waals surface area contributed by atoms with Crippen LogP contribution in [0.2, 0.25) is 0 Å². The number of thiophene rings is 1. The molecule has 0 aromatic carbocycles. The van der Waals surface area contributed by atoms with Gasteiger partial charge in [0.25, 0.3) is 0 Å². The molecule has 6 heteroatoms. The van der Waals surface area contributed by atoms with E-state index in [1.54, 1.807) is 22.1 Å². The quantitative estimate of drug-likeness (QED) is 0.892. The van der Waals surface area contributed by atoms with E-state index in [0.29, 0.717) is 18.3 Å². The Balaban J connectivity index is 2.08. The van der Waals surface area contributed by atoms with Gasteiger partial charge in [-0.25, -0.2) is 4.68 Å². The molecule has 0 aliphatic heterocycles. The Morgan fingerprint density at radius 2 is 2.29 bits per heavy atom. The van der Waals surface area contributed by atoms with Crippen LogP contribution < -0.4 is 5.73 Å². The van der Waals surface area contributed by atoms with Crippen LogP contribution in [0.5, 0.6) is 0 Å². The fraction of sp³-hybridized carbons (Fsp3) is 0.467. The lowest BCUT2D eigenvalue weighted by Crippen LogP contribution is -2.36. The van der Waals surface area contributed by atoms with Crippen LogP contribution in [0.1, 0.15) is 25.1 Å². The summed E-state index contributed by atoms with van der Waals surface area (Å²) in [6.07, 6.45) is 0. The Morgan fingerprint density at radius 3 is 2.81 bits per heavy atom. The number of carbonyl (C=O) groups is 1. The van der Waals surface area contributed by atoms with E-state index in [1.165, 1.54) is 5.56 Å². The first-order valence-corrected chi connectivity index (χ1v) is 7.98. The fourth-order valence-electron chi connectivity index (χ4n) is 2.22. The maximum atomic E-state index is 12.5. The predicted octanol–water partition coefficient (Wildman–Crippen LogP) is 2.52. The second-order valence-electron chi connectivity index (χ2n) is 5.67. The normalized spacial score (nSPS) is 11.0. The highest BCUT2D eigenvalue weighted by Gasteiger charge is 2.17. The van der Waals surface area contributed by atoms with E-state index in [1.807, 2.05) is 17.2 Å². The molecule has 5 nitrogen and oxygen atoms in total. The average Bonchev–Trinajstić information content (AvgIpc) is 2.98. The van der Waals surface area contributed by atoms with Gasteiger partial charge < -0.3 is 10.6 Å². The molecule has 0 spiro atoms. The lowest BCUT2D eigenvalue weighted by atomic mass is 10.2. The average molecular weight is 306 g/mol. The highest BCUT2D eigenvalue weighted by Crippen LogP contribution is 2.13. The highest BCUT2D eigenvalue weighted by molar-refractivity contribution is 7.07. The zero-order chi connectivity index (χ0) is 15.4. The van der Waals surface area contributed by atoms with Gasteiger partial charge in [-0.2, -0.15) is 16.4 Å². The van der Waals surface area contributed by atoms with Gasteiger partial charge in [0.15, 0.2) is 0 Å². The second kappa shape index (κ2) is 6.76. The molecule has 0 saturated heterocycles. The van der Waals surface area contributed by atoms with Gasteiger partial charge in [0.05, 0.1) is 5.69 Å². The number of nitrogen functional groups attached to an aromatic ring is 1. The summed E-state index contributed by atoms with van der Waals surface area (Å²) in [4.78, 5) is 14.4. The summed E-state index contributed by atoms with van der Waals surface area (Å²) in [5.41, 5.74) is 7.85. The van der Waals surface area contributed by atoms with Crippen molar-refractivity contribution in [3.63, 3.8) is 0 Å². The van der Waals surface area contributed by atoms with Crippen LogP contribution in [0.3, 0.4) is 0 Å². The van der Waals surface area contributed by atoms with Crippen LogP contribution in [0.25, 0.3) is 0 Å². The fourth-order valence-corrected chi connectivity index (χ4v) is 2.88. The van der Waals surface area contributed by atoms with Crippen molar-refractivity contribution in [2.24, 2.45) is 5.92 Å². The SMILES string of the molecule is Cc1cc(N)n(CC(=O)N(Cc2ccsc2)CC(C)C)n1. The molecule has 0 aliphatic carbocycles. The molecule has 2 aromatic heterocycles. The Kier molecular flexibility index (Phi) is 5.01. The minimum Gasteiger partial charge on any atom is -0.384 e. The van der Waals surface area contributed by atoms with Gasteiger partial charge in [0, 0.05) is 19.2 Å². The van der Waals surface area contributed by atoms with Gasteiger partial charge in [-0.3, -0.25) is 4.79 Å². The Bertz CT molecular complexity index is 589. The largest absolute Gasteiger partial charge is 0.384 e. The summed E-state index contributed by atoms with van der Waals surface area (Å²) in [6.45, 7) is 7.65. The van der Waals surface area contributed by atoms with E-state index in [2.05, 4.69) is 30.4 Å². The predicted molar refractivity (Wildman–Crippen MR) is 86.0 cm³/mol. The van der Waals surface area contributed by atoms with Crippen molar-refractivity contribution < 1.29 is 4.79 Å². The molecule has 0 bridgehead atoms.